The zero-order valence-corrected chi connectivity index (χ0v) is 11.9. The molecule has 0 bridgehead atoms. The number of hydrogen-bond donors (Lipinski definition) is 0. The summed E-state index contributed by atoms with van der Waals surface area (Å²) in [5, 5.41) is 0. The molecule has 0 saturated heterocycles. The highest BCUT2D eigenvalue weighted by molar-refractivity contribution is 5.76. The van der Waals surface area contributed by atoms with Crippen LogP contribution in [0.25, 0.3) is 0 Å². The number of aliphatic imine (C=N–C) groups is 1. The zero-order valence-electron chi connectivity index (χ0n) is 11.9. The lowest BCUT2D eigenvalue weighted by molar-refractivity contribution is 0.0524. The monoisotopic (exact) mass is 272 g/mol. The first kappa shape index (κ1) is 13.2. The van der Waals surface area contributed by atoms with Crippen molar-refractivity contribution in [3.8, 4) is 0 Å². The fraction of sp³-hybridized carbons (Fsp3) is 0.438. The maximum Gasteiger partial charge on any atom is 0.287 e. The van der Waals surface area contributed by atoms with Crippen molar-refractivity contribution in [2.24, 2.45) is 10.9 Å². The van der Waals surface area contributed by atoms with Gasteiger partial charge in [-0.25, -0.2) is 4.99 Å². The standard InChI is InChI=1S/C16H20N2O2/c1-18(2)16-17-14-9-8-13(15(14)20-16)11-19-10-12-6-4-3-5-7-12/h3-9,13-15H,10-11H2,1-2H3/t13-,14+,15-/m0/s1. The van der Waals surface area contributed by atoms with E-state index in [1.54, 1.807) is 0 Å². The smallest absolute Gasteiger partial charge is 0.287 e. The van der Waals surface area contributed by atoms with Gasteiger partial charge in [-0.05, 0) is 5.56 Å². The average molecular weight is 272 g/mol. The van der Waals surface area contributed by atoms with Gasteiger partial charge in [0.1, 0.15) is 12.1 Å². The van der Waals surface area contributed by atoms with Gasteiger partial charge in [-0.3, -0.25) is 0 Å². The van der Waals surface area contributed by atoms with Gasteiger partial charge in [-0.15, -0.1) is 0 Å². The number of rotatable bonds is 4. The second-order valence-electron chi connectivity index (χ2n) is 5.43. The molecule has 4 nitrogen and oxygen atoms in total. The predicted molar refractivity (Wildman–Crippen MR) is 78.5 cm³/mol. The van der Waals surface area contributed by atoms with Crippen molar-refractivity contribution in [2.45, 2.75) is 18.8 Å². The highest BCUT2D eigenvalue weighted by Crippen LogP contribution is 2.30. The van der Waals surface area contributed by atoms with Crippen LogP contribution in [0.15, 0.2) is 47.5 Å². The third kappa shape index (κ3) is 2.70. The number of benzene rings is 1. The molecule has 4 heteroatoms. The van der Waals surface area contributed by atoms with Crippen LogP contribution in [0.3, 0.4) is 0 Å². The lowest BCUT2D eigenvalue weighted by Crippen LogP contribution is -2.30. The molecule has 0 aromatic heterocycles. The first-order valence-corrected chi connectivity index (χ1v) is 6.96. The van der Waals surface area contributed by atoms with Crippen molar-refractivity contribution in [3.05, 3.63) is 48.0 Å². The minimum absolute atomic E-state index is 0.100. The Morgan fingerprint density at radius 2 is 2.00 bits per heavy atom. The Balaban J connectivity index is 1.50. The normalized spacial score (nSPS) is 27.1. The van der Waals surface area contributed by atoms with Crippen molar-refractivity contribution >= 4 is 6.02 Å². The summed E-state index contributed by atoms with van der Waals surface area (Å²) < 4.78 is 11.7. The number of amidine groups is 1. The van der Waals surface area contributed by atoms with E-state index >= 15 is 0 Å². The zero-order chi connectivity index (χ0) is 13.9. The Kier molecular flexibility index (Phi) is 3.74. The van der Waals surface area contributed by atoms with Gasteiger partial charge in [-0.2, -0.15) is 0 Å². The molecular formula is C16H20N2O2. The van der Waals surface area contributed by atoms with Crippen LogP contribution in [-0.4, -0.2) is 43.8 Å². The molecule has 3 atom stereocenters. The molecule has 1 aromatic rings. The van der Waals surface area contributed by atoms with Gasteiger partial charge in [0.05, 0.1) is 13.2 Å². The van der Waals surface area contributed by atoms with Gasteiger partial charge in [-0.1, -0.05) is 42.5 Å². The molecular weight excluding hydrogens is 252 g/mol. The molecule has 106 valence electrons. The Morgan fingerprint density at radius 1 is 1.20 bits per heavy atom. The van der Waals surface area contributed by atoms with Crippen LogP contribution in [0, 0.1) is 5.92 Å². The van der Waals surface area contributed by atoms with Gasteiger partial charge >= 0.3 is 0 Å². The van der Waals surface area contributed by atoms with Crippen LogP contribution < -0.4 is 0 Å². The fourth-order valence-electron chi connectivity index (χ4n) is 2.54. The molecule has 0 radical (unpaired) electrons. The summed E-state index contributed by atoms with van der Waals surface area (Å²) in [5.74, 6) is 0.282. The summed E-state index contributed by atoms with van der Waals surface area (Å²) in [7, 11) is 3.90. The fourth-order valence-corrected chi connectivity index (χ4v) is 2.54. The van der Waals surface area contributed by atoms with Crippen LogP contribution >= 0.6 is 0 Å². The quantitative estimate of drug-likeness (QED) is 0.787. The van der Waals surface area contributed by atoms with Crippen molar-refractivity contribution in [3.63, 3.8) is 0 Å². The molecule has 3 rings (SSSR count). The predicted octanol–water partition coefficient (Wildman–Crippen LogP) is 2.07. The van der Waals surface area contributed by atoms with Gasteiger partial charge in [0, 0.05) is 20.0 Å². The Labute approximate surface area is 119 Å². The largest absolute Gasteiger partial charge is 0.458 e. The Bertz CT molecular complexity index is 510. The summed E-state index contributed by atoms with van der Waals surface area (Å²) in [6.45, 7) is 1.31. The van der Waals surface area contributed by atoms with Gasteiger partial charge < -0.3 is 14.4 Å². The van der Waals surface area contributed by atoms with Crippen molar-refractivity contribution < 1.29 is 9.47 Å². The number of hydrogen-bond acceptors (Lipinski definition) is 4. The molecule has 1 aliphatic heterocycles. The van der Waals surface area contributed by atoms with Crippen LogP contribution in [0.4, 0.5) is 0 Å². The molecule has 0 unspecified atom stereocenters. The molecule has 0 N–H and O–H groups in total. The Morgan fingerprint density at radius 3 is 2.75 bits per heavy atom. The first-order chi connectivity index (χ1) is 9.74. The van der Waals surface area contributed by atoms with E-state index in [9.17, 15) is 0 Å². The molecule has 0 fully saturated rings. The maximum absolute atomic E-state index is 5.90. The molecule has 1 aliphatic carbocycles. The van der Waals surface area contributed by atoms with E-state index in [1.165, 1.54) is 5.56 Å². The van der Waals surface area contributed by atoms with E-state index in [1.807, 2.05) is 37.2 Å². The molecule has 20 heavy (non-hydrogen) atoms. The Hall–Kier alpha value is -1.81. The van der Waals surface area contributed by atoms with Crippen LogP contribution in [0.1, 0.15) is 5.56 Å². The van der Waals surface area contributed by atoms with Crippen molar-refractivity contribution in [1.29, 1.82) is 0 Å². The summed E-state index contributed by atoms with van der Waals surface area (Å²) in [6, 6.07) is 11.1. The third-order valence-corrected chi connectivity index (χ3v) is 3.62. The van der Waals surface area contributed by atoms with Crippen LogP contribution in [0.5, 0.6) is 0 Å². The topological polar surface area (TPSA) is 34.1 Å². The molecule has 1 heterocycles. The SMILES string of the molecule is CN(C)C1=N[C@@H]2C=C[C@@H](COCc3ccccc3)[C@@H]2O1. The third-order valence-electron chi connectivity index (χ3n) is 3.62. The van der Waals surface area contributed by atoms with E-state index in [0.717, 1.165) is 6.02 Å². The van der Waals surface area contributed by atoms with E-state index in [2.05, 4.69) is 29.3 Å². The lowest BCUT2D eigenvalue weighted by atomic mass is 10.1. The molecule has 0 amide bonds. The average Bonchev–Trinajstić information content (AvgIpc) is 3.01. The number of nitrogens with zero attached hydrogens (tertiary/aromatic N) is 2. The minimum Gasteiger partial charge on any atom is -0.458 e. The molecule has 1 aromatic carbocycles. The summed E-state index contributed by atoms with van der Waals surface area (Å²) in [5.41, 5.74) is 1.20. The van der Waals surface area contributed by atoms with E-state index < -0.39 is 0 Å². The summed E-state index contributed by atoms with van der Waals surface area (Å²) in [4.78, 5) is 6.45. The van der Waals surface area contributed by atoms with Gasteiger partial charge in [0.25, 0.3) is 6.02 Å². The highest BCUT2D eigenvalue weighted by Gasteiger charge is 2.39. The number of fused-ring (bicyclic) bond motifs is 1. The summed E-state index contributed by atoms with van der Waals surface area (Å²) >= 11 is 0. The van der Waals surface area contributed by atoms with Gasteiger partial charge in [0.2, 0.25) is 0 Å². The molecule has 0 saturated carbocycles. The maximum atomic E-state index is 5.90. The van der Waals surface area contributed by atoms with Crippen molar-refractivity contribution in [2.75, 3.05) is 20.7 Å². The number of ether oxygens (including phenoxy) is 2. The highest BCUT2D eigenvalue weighted by atomic mass is 16.5. The minimum atomic E-state index is 0.100. The second kappa shape index (κ2) is 5.67. The van der Waals surface area contributed by atoms with E-state index in [4.69, 9.17) is 9.47 Å². The van der Waals surface area contributed by atoms with Gasteiger partial charge in [0.15, 0.2) is 0 Å². The van der Waals surface area contributed by atoms with Crippen molar-refractivity contribution in [1.82, 2.24) is 4.90 Å². The lowest BCUT2D eigenvalue weighted by Gasteiger charge is -2.20. The van der Waals surface area contributed by atoms with Crippen LogP contribution in [-0.2, 0) is 16.1 Å². The second-order valence-corrected chi connectivity index (χ2v) is 5.43. The first-order valence-electron chi connectivity index (χ1n) is 6.96. The summed E-state index contributed by atoms with van der Waals surface area (Å²) in [6.07, 6.45) is 4.39. The van der Waals surface area contributed by atoms with E-state index in [0.29, 0.717) is 13.2 Å². The van der Waals surface area contributed by atoms with Crippen LogP contribution in [0.2, 0.25) is 0 Å². The molecule has 0 spiro atoms. The van der Waals surface area contributed by atoms with E-state index in [-0.39, 0.29) is 18.1 Å². The molecule has 2 aliphatic rings.